The van der Waals surface area contributed by atoms with Crippen molar-refractivity contribution in [2.24, 2.45) is 0 Å². The standard InChI is InChI=1S/C19H26N2/c1-2-12-20-19-10-6-9-17-14-21(15-18(17)19)13-11-16-7-4-3-5-8-16/h3-5,7-8,14-15,19-20H,2,6,9-13H2,1H3. The second-order valence-electron chi connectivity index (χ2n) is 6.11. The average Bonchev–Trinajstić information content (AvgIpc) is 2.95. The molecule has 0 aliphatic heterocycles. The van der Waals surface area contributed by atoms with E-state index in [0.717, 1.165) is 19.5 Å². The quantitative estimate of drug-likeness (QED) is 0.843. The number of rotatable bonds is 6. The highest BCUT2D eigenvalue weighted by Gasteiger charge is 2.21. The van der Waals surface area contributed by atoms with Gasteiger partial charge in [0.05, 0.1) is 0 Å². The van der Waals surface area contributed by atoms with Gasteiger partial charge in [-0.3, -0.25) is 0 Å². The summed E-state index contributed by atoms with van der Waals surface area (Å²) in [5.41, 5.74) is 4.52. The zero-order valence-electron chi connectivity index (χ0n) is 13.0. The number of hydrogen-bond donors (Lipinski definition) is 1. The van der Waals surface area contributed by atoms with Crippen LogP contribution in [-0.2, 0) is 19.4 Å². The molecule has 2 heteroatoms. The molecule has 0 fully saturated rings. The Morgan fingerprint density at radius 2 is 2.05 bits per heavy atom. The van der Waals surface area contributed by atoms with Gasteiger partial charge in [0.25, 0.3) is 0 Å². The summed E-state index contributed by atoms with van der Waals surface area (Å²) in [6.07, 6.45) is 10.9. The van der Waals surface area contributed by atoms with E-state index in [-0.39, 0.29) is 0 Å². The summed E-state index contributed by atoms with van der Waals surface area (Å²) in [5.74, 6) is 0. The molecule has 1 aliphatic rings. The Bertz CT molecular complexity index is 556. The Labute approximate surface area is 128 Å². The van der Waals surface area contributed by atoms with E-state index in [1.165, 1.54) is 31.2 Å². The highest BCUT2D eigenvalue weighted by molar-refractivity contribution is 5.30. The molecule has 1 N–H and O–H groups in total. The fraction of sp³-hybridized carbons (Fsp3) is 0.474. The molecule has 112 valence electrons. The first-order valence-electron chi connectivity index (χ1n) is 8.32. The van der Waals surface area contributed by atoms with Gasteiger partial charge >= 0.3 is 0 Å². The van der Waals surface area contributed by atoms with Crippen molar-refractivity contribution in [3.05, 3.63) is 59.4 Å². The van der Waals surface area contributed by atoms with Crippen molar-refractivity contribution in [2.45, 2.75) is 51.6 Å². The fourth-order valence-electron chi connectivity index (χ4n) is 3.31. The van der Waals surface area contributed by atoms with E-state index in [1.54, 1.807) is 11.1 Å². The van der Waals surface area contributed by atoms with Crippen LogP contribution in [0.5, 0.6) is 0 Å². The third-order valence-corrected chi connectivity index (χ3v) is 4.45. The number of nitrogens with zero attached hydrogens (tertiary/aromatic N) is 1. The molecular weight excluding hydrogens is 256 g/mol. The Kier molecular flexibility index (Phi) is 4.76. The molecule has 0 amide bonds. The average molecular weight is 282 g/mol. The van der Waals surface area contributed by atoms with Crippen molar-refractivity contribution in [1.29, 1.82) is 0 Å². The minimum atomic E-state index is 0.576. The number of hydrogen-bond acceptors (Lipinski definition) is 1. The molecule has 3 rings (SSSR count). The van der Waals surface area contributed by atoms with Gasteiger partial charge in [0.2, 0.25) is 0 Å². The molecule has 0 radical (unpaired) electrons. The van der Waals surface area contributed by atoms with E-state index in [9.17, 15) is 0 Å². The summed E-state index contributed by atoms with van der Waals surface area (Å²) < 4.78 is 2.39. The van der Waals surface area contributed by atoms with Gasteiger partial charge in [0.15, 0.2) is 0 Å². The van der Waals surface area contributed by atoms with Crippen molar-refractivity contribution in [1.82, 2.24) is 9.88 Å². The van der Waals surface area contributed by atoms with Gasteiger partial charge in [-0.1, -0.05) is 37.3 Å². The highest BCUT2D eigenvalue weighted by atomic mass is 15.0. The first-order valence-corrected chi connectivity index (χ1v) is 8.32. The van der Waals surface area contributed by atoms with Crippen LogP contribution in [0, 0.1) is 0 Å². The van der Waals surface area contributed by atoms with Gasteiger partial charge < -0.3 is 9.88 Å². The molecule has 1 heterocycles. The van der Waals surface area contributed by atoms with Gasteiger partial charge in [0.1, 0.15) is 0 Å². The molecule has 1 atom stereocenters. The molecule has 1 aliphatic carbocycles. The van der Waals surface area contributed by atoms with Crippen LogP contribution in [-0.4, -0.2) is 11.1 Å². The molecule has 0 bridgehead atoms. The molecule has 0 saturated carbocycles. The molecule has 0 spiro atoms. The van der Waals surface area contributed by atoms with Crippen LogP contribution in [0.4, 0.5) is 0 Å². The van der Waals surface area contributed by atoms with E-state index >= 15 is 0 Å². The molecule has 21 heavy (non-hydrogen) atoms. The van der Waals surface area contributed by atoms with Gasteiger partial charge in [-0.15, -0.1) is 0 Å². The number of fused-ring (bicyclic) bond motifs is 1. The molecule has 2 aromatic rings. The molecule has 1 unspecified atom stereocenters. The van der Waals surface area contributed by atoms with Crippen molar-refractivity contribution >= 4 is 0 Å². The second-order valence-corrected chi connectivity index (χ2v) is 6.11. The molecule has 2 nitrogen and oxygen atoms in total. The molecule has 1 aromatic carbocycles. The normalized spacial score (nSPS) is 17.7. The third kappa shape index (κ3) is 3.56. The van der Waals surface area contributed by atoms with Gasteiger partial charge in [-0.05, 0) is 55.3 Å². The predicted octanol–water partition coefficient (Wildman–Crippen LogP) is 4.11. The lowest BCUT2D eigenvalue weighted by Crippen LogP contribution is -2.24. The van der Waals surface area contributed by atoms with Gasteiger partial charge in [-0.25, -0.2) is 0 Å². The molecular formula is C19H26N2. The van der Waals surface area contributed by atoms with E-state index in [2.05, 4.69) is 59.5 Å². The second kappa shape index (κ2) is 6.95. The first-order chi connectivity index (χ1) is 10.4. The van der Waals surface area contributed by atoms with Crippen LogP contribution in [0.15, 0.2) is 42.7 Å². The summed E-state index contributed by atoms with van der Waals surface area (Å²) in [4.78, 5) is 0. The van der Waals surface area contributed by atoms with E-state index in [1.807, 2.05) is 0 Å². The maximum Gasteiger partial charge on any atom is 0.0338 e. The van der Waals surface area contributed by atoms with Crippen LogP contribution in [0.2, 0.25) is 0 Å². The third-order valence-electron chi connectivity index (χ3n) is 4.45. The lowest BCUT2D eigenvalue weighted by Gasteiger charge is -2.23. The van der Waals surface area contributed by atoms with Crippen LogP contribution < -0.4 is 5.32 Å². The summed E-state index contributed by atoms with van der Waals surface area (Å²) in [5, 5.41) is 3.70. The summed E-state index contributed by atoms with van der Waals surface area (Å²) in [6, 6.07) is 11.3. The zero-order chi connectivity index (χ0) is 14.5. The lowest BCUT2D eigenvalue weighted by atomic mass is 9.91. The first kappa shape index (κ1) is 14.4. The van der Waals surface area contributed by atoms with Crippen LogP contribution in [0.1, 0.15) is 48.9 Å². The fourth-order valence-corrected chi connectivity index (χ4v) is 3.31. The van der Waals surface area contributed by atoms with Crippen molar-refractivity contribution in [2.75, 3.05) is 6.54 Å². The SMILES string of the molecule is CCCNC1CCCc2cn(CCc3ccccc3)cc21. The van der Waals surface area contributed by atoms with E-state index in [0.29, 0.717) is 6.04 Å². The zero-order valence-corrected chi connectivity index (χ0v) is 13.0. The topological polar surface area (TPSA) is 17.0 Å². The number of aryl methyl sites for hydroxylation is 3. The van der Waals surface area contributed by atoms with Crippen molar-refractivity contribution in [3.8, 4) is 0 Å². The van der Waals surface area contributed by atoms with Crippen LogP contribution in [0.25, 0.3) is 0 Å². The van der Waals surface area contributed by atoms with Gasteiger partial charge in [-0.2, -0.15) is 0 Å². The van der Waals surface area contributed by atoms with E-state index < -0.39 is 0 Å². The number of nitrogens with one attached hydrogen (secondary N) is 1. The van der Waals surface area contributed by atoms with Crippen molar-refractivity contribution in [3.63, 3.8) is 0 Å². The van der Waals surface area contributed by atoms with Crippen LogP contribution >= 0.6 is 0 Å². The maximum atomic E-state index is 3.70. The molecule has 0 saturated heterocycles. The van der Waals surface area contributed by atoms with Crippen molar-refractivity contribution < 1.29 is 0 Å². The number of aromatic nitrogens is 1. The Morgan fingerprint density at radius 1 is 1.19 bits per heavy atom. The highest BCUT2D eigenvalue weighted by Crippen LogP contribution is 2.30. The Hall–Kier alpha value is -1.54. The monoisotopic (exact) mass is 282 g/mol. The Balaban J connectivity index is 1.66. The molecule has 1 aromatic heterocycles. The minimum absolute atomic E-state index is 0.576. The summed E-state index contributed by atoms with van der Waals surface area (Å²) >= 11 is 0. The minimum Gasteiger partial charge on any atom is -0.353 e. The lowest BCUT2D eigenvalue weighted by molar-refractivity contribution is 0.462. The number of benzene rings is 1. The van der Waals surface area contributed by atoms with Crippen LogP contribution in [0.3, 0.4) is 0 Å². The largest absolute Gasteiger partial charge is 0.353 e. The summed E-state index contributed by atoms with van der Waals surface area (Å²) in [7, 11) is 0. The van der Waals surface area contributed by atoms with E-state index in [4.69, 9.17) is 0 Å². The smallest absolute Gasteiger partial charge is 0.0338 e. The summed E-state index contributed by atoms with van der Waals surface area (Å²) in [6.45, 7) is 4.44. The Morgan fingerprint density at radius 3 is 2.86 bits per heavy atom. The predicted molar refractivity (Wildman–Crippen MR) is 88.6 cm³/mol. The maximum absolute atomic E-state index is 3.70. The van der Waals surface area contributed by atoms with Gasteiger partial charge in [0, 0.05) is 25.0 Å².